The van der Waals surface area contributed by atoms with E-state index in [1.807, 2.05) is 13.0 Å². The summed E-state index contributed by atoms with van der Waals surface area (Å²) in [6, 6.07) is 0. The second-order valence-corrected chi connectivity index (χ2v) is 7.52. The first kappa shape index (κ1) is 22.1. The maximum Gasteiger partial charge on any atom is 0.149 e. The predicted octanol–water partition coefficient (Wildman–Crippen LogP) is 3.73. The lowest BCUT2D eigenvalue weighted by Crippen LogP contribution is -2.52. The summed E-state index contributed by atoms with van der Waals surface area (Å²) in [5.74, 6) is 1.24. The average molecular weight is 403 g/mol. The third kappa shape index (κ3) is 5.91. The van der Waals surface area contributed by atoms with Crippen molar-refractivity contribution < 1.29 is 0 Å². The van der Waals surface area contributed by atoms with E-state index in [1.165, 1.54) is 0 Å². The number of nitrogens with one attached hydrogen (secondary N) is 1. The zero-order valence-corrected chi connectivity index (χ0v) is 17.7. The van der Waals surface area contributed by atoms with E-state index in [0.29, 0.717) is 23.1 Å². The summed E-state index contributed by atoms with van der Waals surface area (Å²) in [5, 5.41) is 4.97. The molecule has 2 heterocycles. The van der Waals surface area contributed by atoms with Gasteiger partial charge in [-0.25, -0.2) is 4.99 Å². The van der Waals surface area contributed by atoms with Gasteiger partial charge in [0.1, 0.15) is 11.7 Å². The van der Waals surface area contributed by atoms with Crippen LogP contribution in [0.25, 0.3) is 0 Å². The van der Waals surface area contributed by atoms with E-state index in [2.05, 4.69) is 45.5 Å². The van der Waals surface area contributed by atoms with Crippen LogP contribution in [0.1, 0.15) is 39.5 Å². The Balaban J connectivity index is 2.14. The minimum atomic E-state index is -0.0674. The van der Waals surface area contributed by atoms with Crippen LogP contribution in [0.5, 0.6) is 0 Å². The van der Waals surface area contributed by atoms with Gasteiger partial charge in [0.15, 0.2) is 0 Å². The molecule has 0 spiro atoms. The number of halogens is 1. The Morgan fingerprint density at radius 1 is 1.43 bits per heavy atom. The van der Waals surface area contributed by atoms with Crippen LogP contribution in [-0.4, -0.2) is 47.8 Å². The maximum atomic E-state index is 6.51. The van der Waals surface area contributed by atoms with Gasteiger partial charge >= 0.3 is 0 Å². The van der Waals surface area contributed by atoms with Gasteiger partial charge in [0.2, 0.25) is 0 Å². The zero-order chi connectivity index (χ0) is 20.6. The Morgan fingerprint density at radius 3 is 2.75 bits per heavy atom. The second kappa shape index (κ2) is 10.4. The van der Waals surface area contributed by atoms with Gasteiger partial charge in [-0.2, -0.15) is 5.10 Å². The number of nitrogens with two attached hydrogens (primary N) is 1. The molecule has 0 atom stereocenters. The van der Waals surface area contributed by atoms with Crippen molar-refractivity contribution in [1.29, 1.82) is 0 Å². The van der Waals surface area contributed by atoms with Crippen LogP contribution >= 0.6 is 11.6 Å². The number of aliphatic imine (C=N–C) groups is 2. The van der Waals surface area contributed by atoms with E-state index in [-0.39, 0.29) is 5.54 Å². The predicted molar refractivity (Wildman–Crippen MR) is 121 cm³/mol. The largest absolute Gasteiger partial charge is 0.355 e. The Kier molecular flexibility index (Phi) is 8.20. The van der Waals surface area contributed by atoms with Gasteiger partial charge in [0.25, 0.3) is 0 Å². The third-order valence-corrected chi connectivity index (χ3v) is 5.30. The summed E-state index contributed by atoms with van der Waals surface area (Å²) >= 11 is 6.34. The second-order valence-electron chi connectivity index (χ2n) is 7.11. The summed E-state index contributed by atoms with van der Waals surface area (Å²) in [5.41, 5.74) is 10.9. The standard InChI is InChI=1S/C21H31ClN6/c1-5-8-18(22)17(7-3)19-14-24-15-20(25-16(4)26-27-19)28-12-10-21(23,9-6-2)11-13-28/h5,7-8,15,26H,1,4,6,9-14,23H2,2-3H3/b17-7+,18-8+,24-15-,25-20+,27-19+. The molecule has 0 radical (unpaired) electrons. The molecule has 7 heteroatoms. The smallest absolute Gasteiger partial charge is 0.149 e. The Bertz CT molecular complexity index is 736. The first-order valence-electron chi connectivity index (χ1n) is 9.71. The molecule has 0 aromatic rings. The van der Waals surface area contributed by atoms with Crippen molar-refractivity contribution in [1.82, 2.24) is 10.3 Å². The molecule has 2 aliphatic rings. The zero-order valence-electron chi connectivity index (χ0n) is 16.9. The maximum absolute atomic E-state index is 6.51. The van der Waals surface area contributed by atoms with Crippen molar-refractivity contribution >= 4 is 29.4 Å². The molecular weight excluding hydrogens is 372 g/mol. The van der Waals surface area contributed by atoms with Crippen molar-refractivity contribution in [2.75, 3.05) is 19.6 Å². The first-order chi connectivity index (χ1) is 13.4. The molecule has 0 aromatic heterocycles. The molecule has 0 aliphatic carbocycles. The number of nitrogens with zero attached hydrogens (tertiary/aromatic N) is 4. The number of hydrogen-bond donors (Lipinski definition) is 2. The number of likely N-dealkylation sites (tertiary alicyclic amines) is 1. The number of allylic oxidation sites excluding steroid dienone is 4. The molecular formula is C21H31ClN6. The fraction of sp³-hybridized carbons (Fsp3) is 0.476. The van der Waals surface area contributed by atoms with E-state index >= 15 is 0 Å². The minimum absolute atomic E-state index is 0.0674. The molecule has 0 aromatic carbocycles. The lowest BCUT2D eigenvalue weighted by molar-refractivity contribution is 0.218. The Hall–Kier alpha value is -2.18. The molecule has 6 nitrogen and oxygen atoms in total. The van der Waals surface area contributed by atoms with E-state index in [1.54, 1.807) is 18.4 Å². The van der Waals surface area contributed by atoms with Gasteiger partial charge in [-0.15, -0.1) is 0 Å². The van der Waals surface area contributed by atoms with Crippen LogP contribution < -0.4 is 11.2 Å². The van der Waals surface area contributed by atoms with Crippen LogP contribution in [0.3, 0.4) is 0 Å². The van der Waals surface area contributed by atoms with Crippen LogP contribution in [0.4, 0.5) is 0 Å². The Labute approximate surface area is 173 Å². The van der Waals surface area contributed by atoms with Crippen molar-refractivity contribution in [3.63, 3.8) is 0 Å². The highest BCUT2D eigenvalue weighted by atomic mass is 35.5. The first-order valence-corrected chi connectivity index (χ1v) is 10.1. The van der Waals surface area contributed by atoms with E-state index in [4.69, 9.17) is 17.3 Å². The number of hydrazone groups is 1. The lowest BCUT2D eigenvalue weighted by Gasteiger charge is -2.40. The molecule has 3 N–H and O–H groups in total. The molecule has 1 saturated heterocycles. The fourth-order valence-electron chi connectivity index (χ4n) is 3.44. The monoisotopic (exact) mass is 402 g/mol. The average Bonchev–Trinajstić information content (AvgIpc) is 2.74. The topological polar surface area (TPSA) is 78.4 Å². The molecule has 1 fully saturated rings. The van der Waals surface area contributed by atoms with Crippen LogP contribution in [0.15, 0.2) is 62.9 Å². The number of piperidine rings is 1. The van der Waals surface area contributed by atoms with E-state index in [0.717, 1.165) is 50.2 Å². The van der Waals surface area contributed by atoms with Gasteiger partial charge < -0.3 is 10.6 Å². The highest BCUT2D eigenvalue weighted by Gasteiger charge is 2.30. The third-order valence-electron chi connectivity index (χ3n) is 4.97. The molecule has 2 rings (SSSR count). The normalized spacial score (nSPS) is 26.0. The summed E-state index contributed by atoms with van der Waals surface area (Å²) in [4.78, 5) is 11.3. The van der Waals surface area contributed by atoms with Crippen molar-refractivity contribution in [2.45, 2.75) is 45.1 Å². The minimum Gasteiger partial charge on any atom is -0.355 e. The van der Waals surface area contributed by atoms with Gasteiger partial charge in [-0.05, 0) is 32.3 Å². The van der Waals surface area contributed by atoms with Crippen molar-refractivity contribution in [2.24, 2.45) is 20.8 Å². The van der Waals surface area contributed by atoms with E-state index in [9.17, 15) is 0 Å². The molecule has 2 aliphatic heterocycles. The molecule has 0 unspecified atom stereocenters. The summed E-state index contributed by atoms with van der Waals surface area (Å²) in [7, 11) is 0. The number of hydrogen-bond acceptors (Lipinski definition) is 6. The van der Waals surface area contributed by atoms with Gasteiger partial charge in [-0.1, -0.05) is 50.3 Å². The van der Waals surface area contributed by atoms with Crippen molar-refractivity contribution in [3.05, 3.63) is 47.8 Å². The molecule has 0 saturated carbocycles. The molecule has 152 valence electrons. The lowest BCUT2D eigenvalue weighted by atomic mass is 9.84. The Morgan fingerprint density at radius 2 is 2.14 bits per heavy atom. The highest BCUT2D eigenvalue weighted by Crippen LogP contribution is 2.24. The van der Waals surface area contributed by atoms with Gasteiger partial charge in [0, 0.05) is 29.2 Å². The molecule has 0 amide bonds. The fourth-order valence-corrected chi connectivity index (χ4v) is 3.74. The SMILES string of the molecule is C=C\C=C(Cl)/C(=C\C)C1=N/NC(=C)/N=C(N2CCC(N)(CCC)CC2)\C=N/C\1. The molecule has 0 bridgehead atoms. The number of rotatable bonds is 5. The van der Waals surface area contributed by atoms with Crippen LogP contribution in [0.2, 0.25) is 0 Å². The molecule has 28 heavy (non-hydrogen) atoms. The summed E-state index contributed by atoms with van der Waals surface area (Å²) < 4.78 is 0. The summed E-state index contributed by atoms with van der Waals surface area (Å²) in [6.07, 6.45) is 11.1. The van der Waals surface area contributed by atoms with Crippen molar-refractivity contribution in [3.8, 4) is 0 Å². The number of amidine groups is 1. The highest BCUT2D eigenvalue weighted by molar-refractivity contribution is 6.36. The quantitative estimate of drug-likeness (QED) is 0.687. The van der Waals surface area contributed by atoms with Crippen LogP contribution in [-0.2, 0) is 0 Å². The van der Waals surface area contributed by atoms with E-state index < -0.39 is 0 Å². The summed E-state index contributed by atoms with van der Waals surface area (Å²) in [6.45, 7) is 13.8. The van der Waals surface area contributed by atoms with Gasteiger partial charge in [0.05, 0.1) is 18.5 Å². The van der Waals surface area contributed by atoms with Crippen LogP contribution in [0, 0.1) is 0 Å². The van der Waals surface area contributed by atoms with Gasteiger partial charge in [-0.3, -0.25) is 10.4 Å².